The van der Waals surface area contributed by atoms with Gasteiger partial charge in [0.25, 0.3) is 0 Å². The second kappa shape index (κ2) is 5.19. The minimum absolute atomic E-state index is 0.189. The summed E-state index contributed by atoms with van der Waals surface area (Å²) in [7, 11) is 0. The van der Waals surface area contributed by atoms with Crippen molar-refractivity contribution in [3.8, 4) is 0 Å². The SMILES string of the molecule is O=C(O)CCCNC1CCCC1O. The molecule has 0 aromatic carbocycles. The quantitative estimate of drug-likeness (QED) is 0.543. The summed E-state index contributed by atoms with van der Waals surface area (Å²) in [4.78, 5) is 10.2. The lowest BCUT2D eigenvalue weighted by molar-refractivity contribution is -0.137. The van der Waals surface area contributed by atoms with Gasteiger partial charge in [-0.2, -0.15) is 0 Å². The first-order valence-electron chi connectivity index (χ1n) is 4.83. The van der Waals surface area contributed by atoms with E-state index in [2.05, 4.69) is 5.32 Å². The van der Waals surface area contributed by atoms with Crippen molar-refractivity contribution >= 4 is 5.97 Å². The standard InChI is InChI=1S/C9H17NO3/c11-8-4-1-3-7(8)10-6-2-5-9(12)13/h7-8,10-11H,1-6H2,(H,12,13). The van der Waals surface area contributed by atoms with Gasteiger partial charge >= 0.3 is 5.97 Å². The van der Waals surface area contributed by atoms with E-state index in [0.29, 0.717) is 13.0 Å². The molecule has 2 atom stereocenters. The second-order valence-electron chi connectivity index (χ2n) is 3.56. The highest BCUT2D eigenvalue weighted by Gasteiger charge is 2.23. The maximum absolute atomic E-state index is 10.2. The van der Waals surface area contributed by atoms with Gasteiger partial charge in [0, 0.05) is 12.5 Å². The van der Waals surface area contributed by atoms with Crippen LogP contribution in [0.5, 0.6) is 0 Å². The molecule has 0 saturated heterocycles. The smallest absolute Gasteiger partial charge is 0.303 e. The van der Waals surface area contributed by atoms with E-state index in [9.17, 15) is 9.90 Å². The summed E-state index contributed by atoms with van der Waals surface area (Å²) >= 11 is 0. The summed E-state index contributed by atoms with van der Waals surface area (Å²) in [6, 6.07) is 0.189. The molecule has 13 heavy (non-hydrogen) atoms. The van der Waals surface area contributed by atoms with Crippen molar-refractivity contribution in [2.75, 3.05) is 6.54 Å². The van der Waals surface area contributed by atoms with Crippen LogP contribution >= 0.6 is 0 Å². The van der Waals surface area contributed by atoms with Crippen LogP contribution in [-0.4, -0.2) is 34.9 Å². The number of aliphatic carboxylic acids is 1. The molecular formula is C9H17NO3. The highest BCUT2D eigenvalue weighted by atomic mass is 16.4. The Kier molecular flexibility index (Phi) is 4.18. The highest BCUT2D eigenvalue weighted by Crippen LogP contribution is 2.18. The van der Waals surface area contributed by atoms with E-state index in [4.69, 9.17) is 5.11 Å². The average molecular weight is 187 g/mol. The van der Waals surface area contributed by atoms with Crippen molar-refractivity contribution < 1.29 is 15.0 Å². The molecule has 0 bridgehead atoms. The zero-order valence-electron chi connectivity index (χ0n) is 7.70. The Morgan fingerprint density at radius 1 is 1.46 bits per heavy atom. The first-order chi connectivity index (χ1) is 6.20. The lowest BCUT2D eigenvalue weighted by atomic mass is 10.2. The molecule has 0 amide bonds. The van der Waals surface area contributed by atoms with Gasteiger partial charge in [-0.15, -0.1) is 0 Å². The largest absolute Gasteiger partial charge is 0.481 e. The summed E-state index contributed by atoms with van der Waals surface area (Å²) in [5, 5.41) is 21.0. The third-order valence-corrected chi connectivity index (χ3v) is 2.45. The lowest BCUT2D eigenvalue weighted by Gasteiger charge is -2.15. The highest BCUT2D eigenvalue weighted by molar-refractivity contribution is 5.66. The Morgan fingerprint density at radius 2 is 2.23 bits per heavy atom. The van der Waals surface area contributed by atoms with Crippen molar-refractivity contribution in [1.82, 2.24) is 5.32 Å². The first-order valence-corrected chi connectivity index (χ1v) is 4.83. The molecule has 1 aliphatic rings. The summed E-state index contributed by atoms with van der Waals surface area (Å²) in [5.41, 5.74) is 0. The molecule has 76 valence electrons. The van der Waals surface area contributed by atoms with Crippen molar-refractivity contribution in [1.29, 1.82) is 0 Å². The summed E-state index contributed by atoms with van der Waals surface area (Å²) < 4.78 is 0. The zero-order chi connectivity index (χ0) is 9.68. The van der Waals surface area contributed by atoms with Crippen LogP contribution in [0.15, 0.2) is 0 Å². The molecule has 3 N–H and O–H groups in total. The van der Waals surface area contributed by atoms with Crippen molar-refractivity contribution in [3.63, 3.8) is 0 Å². The van der Waals surface area contributed by atoms with E-state index in [-0.39, 0.29) is 18.6 Å². The number of hydrogen-bond donors (Lipinski definition) is 3. The number of carboxylic acid groups (broad SMARTS) is 1. The summed E-state index contributed by atoms with van der Waals surface area (Å²) in [5.74, 6) is -0.756. The van der Waals surface area contributed by atoms with E-state index >= 15 is 0 Å². The fraction of sp³-hybridized carbons (Fsp3) is 0.889. The Balaban J connectivity index is 2.02. The molecule has 1 fully saturated rings. The van der Waals surface area contributed by atoms with Gasteiger partial charge in [-0.3, -0.25) is 4.79 Å². The maximum atomic E-state index is 10.2. The van der Waals surface area contributed by atoms with Gasteiger partial charge in [-0.05, 0) is 32.2 Å². The molecule has 1 saturated carbocycles. The van der Waals surface area contributed by atoms with Crippen molar-refractivity contribution in [3.05, 3.63) is 0 Å². The number of aliphatic hydroxyl groups excluding tert-OH is 1. The monoisotopic (exact) mass is 187 g/mol. The Morgan fingerprint density at radius 3 is 2.77 bits per heavy atom. The fourth-order valence-electron chi connectivity index (χ4n) is 1.71. The molecule has 4 nitrogen and oxygen atoms in total. The van der Waals surface area contributed by atoms with Gasteiger partial charge < -0.3 is 15.5 Å². The van der Waals surface area contributed by atoms with E-state index in [1.165, 1.54) is 0 Å². The molecule has 0 aromatic heterocycles. The normalized spacial score (nSPS) is 27.8. The molecule has 1 aliphatic carbocycles. The maximum Gasteiger partial charge on any atom is 0.303 e. The zero-order valence-corrected chi connectivity index (χ0v) is 7.70. The summed E-state index contributed by atoms with van der Waals surface area (Å²) in [6.45, 7) is 0.689. The van der Waals surface area contributed by atoms with Crippen LogP contribution in [0.2, 0.25) is 0 Å². The molecule has 2 unspecified atom stereocenters. The molecular weight excluding hydrogens is 170 g/mol. The molecule has 1 rings (SSSR count). The predicted molar refractivity (Wildman–Crippen MR) is 48.5 cm³/mol. The van der Waals surface area contributed by atoms with Crippen LogP contribution < -0.4 is 5.32 Å². The number of carbonyl (C=O) groups is 1. The minimum Gasteiger partial charge on any atom is -0.481 e. The predicted octanol–water partition coefficient (Wildman–Crippen LogP) is 0.354. The van der Waals surface area contributed by atoms with Gasteiger partial charge in [0.2, 0.25) is 0 Å². The molecule has 0 aromatic rings. The molecule has 0 spiro atoms. The lowest BCUT2D eigenvalue weighted by Crippen LogP contribution is -2.36. The van der Waals surface area contributed by atoms with Gasteiger partial charge in [-0.1, -0.05) is 0 Å². The Hall–Kier alpha value is -0.610. The number of aliphatic hydroxyl groups is 1. The number of hydrogen-bond acceptors (Lipinski definition) is 3. The third kappa shape index (κ3) is 3.74. The Bertz CT molecular complexity index is 172. The molecule has 4 heteroatoms. The van der Waals surface area contributed by atoms with E-state index in [1.807, 2.05) is 0 Å². The topological polar surface area (TPSA) is 69.6 Å². The van der Waals surface area contributed by atoms with Crippen LogP contribution in [0.4, 0.5) is 0 Å². The molecule has 0 radical (unpaired) electrons. The average Bonchev–Trinajstić information content (AvgIpc) is 2.45. The fourth-order valence-corrected chi connectivity index (χ4v) is 1.71. The van der Waals surface area contributed by atoms with E-state index in [1.54, 1.807) is 0 Å². The number of nitrogens with one attached hydrogen (secondary N) is 1. The minimum atomic E-state index is -0.756. The van der Waals surface area contributed by atoms with Gasteiger partial charge in [0.1, 0.15) is 0 Å². The van der Waals surface area contributed by atoms with Gasteiger partial charge in [0.15, 0.2) is 0 Å². The molecule has 0 heterocycles. The third-order valence-electron chi connectivity index (χ3n) is 2.45. The number of rotatable bonds is 5. The number of carboxylic acids is 1. The summed E-state index contributed by atoms with van der Waals surface area (Å²) in [6.07, 6.45) is 3.56. The van der Waals surface area contributed by atoms with Crippen LogP contribution in [0.25, 0.3) is 0 Å². The van der Waals surface area contributed by atoms with Gasteiger partial charge in [-0.25, -0.2) is 0 Å². The second-order valence-corrected chi connectivity index (χ2v) is 3.56. The first kappa shape index (κ1) is 10.5. The molecule has 0 aliphatic heterocycles. The van der Waals surface area contributed by atoms with E-state index in [0.717, 1.165) is 19.3 Å². The Labute approximate surface area is 78.0 Å². The van der Waals surface area contributed by atoms with Crippen LogP contribution in [0.1, 0.15) is 32.1 Å². The van der Waals surface area contributed by atoms with E-state index < -0.39 is 5.97 Å². The van der Waals surface area contributed by atoms with Crippen LogP contribution in [0.3, 0.4) is 0 Å². The van der Waals surface area contributed by atoms with Crippen molar-refractivity contribution in [2.24, 2.45) is 0 Å². The van der Waals surface area contributed by atoms with Gasteiger partial charge in [0.05, 0.1) is 6.10 Å². The van der Waals surface area contributed by atoms with Crippen molar-refractivity contribution in [2.45, 2.75) is 44.2 Å². The van der Waals surface area contributed by atoms with Crippen LogP contribution in [-0.2, 0) is 4.79 Å². The van der Waals surface area contributed by atoms with Crippen LogP contribution in [0, 0.1) is 0 Å².